The molecule has 0 saturated heterocycles. The number of imidazole rings is 1. The van der Waals surface area contributed by atoms with E-state index >= 15 is 0 Å². The molecule has 0 spiro atoms. The molecule has 0 bridgehead atoms. The number of aromatic nitrogens is 3. The average Bonchev–Trinajstić information content (AvgIpc) is 3.74. The Morgan fingerprint density at radius 2 is 1.49 bits per heavy atom. The van der Waals surface area contributed by atoms with Gasteiger partial charge in [0, 0.05) is 55.3 Å². The summed E-state index contributed by atoms with van der Waals surface area (Å²) < 4.78 is 0. The molecule has 4 atom stereocenters. The highest BCUT2D eigenvalue weighted by molar-refractivity contribution is 5.96. The first kappa shape index (κ1) is 35.7. The van der Waals surface area contributed by atoms with Crippen LogP contribution in [0, 0.1) is 0 Å². The molecule has 2 aromatic carbocycles. The lowest BCUT2D eigenvalue weighted by Crippen LogP contribution is -2.56. The van der Waals surface area contributed by atoms with Crippen LogP contribution >= 0.6 is 0 Å². The number of nitrogens with one attached hydrogen (secondary N) is 6. The normalized spacial score (nSPS) is 13.3. The highest BCUT2D eigenvalue weighted by Crippen LogP contribution is 2.20. The maximum absolute atomic E-state index is 13.9. The fourth-order valence-corrected chi connectivity index (χ4v) is 5.30. The van der Waals surface area contributed by atoms with Crippen molar-refractivity contribution in [3.05, 3.63) is 90.1 Å². The van der Waals surface area contributed by atoms with Crippen LogP contribution in [0.25, 0.3) is 10.9 Å². The number of aliphatic imine (C=N–C) groups is 1. The number of fused-ring (bicyclic) bond motifs is 1. The van der Waals surface area contributed by atoms with E-state index in [0.29, 0.717) is 11.3 Å². The standard InChI is InChI=1S/C33H41N11O5/c1-19(45)41-27(15-22-17-37-18-40-22)31(48)44-28(20-8-3-2-4-9-20)32(49)42-25(12-7-13-38-33(35)36)30(47)43-26(29(34)46)14-21-16-39-24-11-6-5-10-23(21)24/h2-6,8-11,16-18,25-28,39H,7,12-15H2,1H3,(H2,34,46)(H,37,40)(H,41,45)(H,42,49)(H,43,47)(H,44,48)(H4,35,36,38)/t25-,26-,27-,28+/m0/s1. The van der Waals surface area contributed by atoms with Crippen LogP contribution in [0.4, 0.5) is 0 Å². The summed E-state index contributed by atoms with van der Waals surface area (Å²) in [6, 6.07) is 11.3. The SMILES string of the molecule is CC(=O)N[C@@H](Cc1cnc[nH]1)C(=O)N[C@@H](C(=O)N[C@@H](CCCN=C(N)N)C(=O)N[C@@H](Cc1c[nH]c2ccccc12)C(N)=O)c1ccccc1. The lowest BCUT2D eigenvalue weighted by Gasteiger charge is -2.26. The highest BCUT2D eigenvalue weighted by Gasteiger charge is 2.32. The number of nitrogens with zero attached hydrogens (tertiary/aromatic N) is 2. The molecule has 0 radical (unpaired) electrons. The average molecular weight is 672 g/mol. The molecule has 12 N–H and O–H groups in total. The van der Waals surface area contributed by atoms with Crippen LogP contribution in [0.5, 0.6) is 0 Å². The largest absolute Gasteiger partial charge is 0.370 e. The van der Waals surface area contributed by atoms with E-state index in [4.69, 9.17) is 17.2 Å². The predicted molar refractivity (Wildman–Crippen MR) is 182 cm³/mol. The second-order valence-corrected chi connectivity index (χ2v) is 11.4. The number of para-hydroxylation sites is 1. The molecule has 16 heteroatoms. The van der Waals surface area contributed by atoms with Crippen LogP contribution in [0.3, 0.4) is 0 Å². The fourth-order valence-electron chi connectivity index (χ4n) is 5.30. The second kappa shape index (κ2) is 17.1. The second-order valence-electron chi connectivity index (χ2n) is 11.4. The van der Waals surface area contributed by atoms with Crippen LogP contribution in [0.15, 0.2) is 78.3 Å². The minimum absolute atomic E-state index is 0.0787. The van der Waals surface area contributed by atoms with E-state index in [9.17, 15) is 24.0 Å². The van der Waals surface area contributed by atoms with Gasteiger partial charge in [0.15, 0.2) is 5.96 Å². The van der Waals surface area contributed by atoms with Crippen molar-refractivity contribution >= 4 is 46.4 Å². The molecule has 0 fully saturated rings. The van der Waals surface area contributed by atoms with E-state index in [0.717, 1.165) is 16.5 Å². The number of guanidine groups is 1. The summed E-state index contributed by atoms with van der Waals surface area (Å²) >= 11 is 0. The first-order chi connectivity index (χ1) is 23.5. The lowest BCUT2D eigenvalue weighted by atomic mass is 10.0. The summed E-state index contributed by atoms with van der Waals surface area (Å²) in [5.74, 6) is -3.37. The van der Waals surface area contributed by atoms with Crippen LogP contribution in [-0.4, -0.2) is 75.1 Å². The fraction of sp³-hybridized carbons (Fsp3) is 0.303. The summed E-state index contributed by atoms with van der Waals surface area (Å²) in [4.78, 5) is 79.6. The molecule has 0 saturated carbocycles. The molecule has 0 aliphatic carbocycles. The van der Waals surface area contributed by atoms with Crippen molar-refractivity contribution < 1.29 is 24.0 Å². The molecular weight excluding hydrogens is 630 g/mol. The van der Waals surface area contributed by atoms with Gasteiger partial charge in [0.1, 0.15) is 24.2 Å². The molecule has 2 heterocycles. The maximum atomic E-state index is 13.9. The van der Waals surface area contributed by atoms with Gasteiger partial charge in [-0.2, -0.15) is 0 Å². The number of rotatable bonds is 17. The predicted octanol–water partition coefficient (Wildman–Crippen LogP) is -0.453. The highest BCUT2D eigenvalue weighted by atomic mass is 16.2. The summed E-state index contributed by atoms with van der Waals surface area (Å²) in [5.41, 5.74) is 19.3. The third-order valence-electron chi connectivity index (χ3n) is 7.69. The van der Waals surface area contributed by atoms with E-state index in [1.807, 2.05) is 24.3 Å². The van der Waals surface area contributed by atoms with E-state index in [-0.39, 0.29) is 38.2 Å². The first-order valence-electron chi connectivity index (χ1n) is 15.6. The quantitative estimate of drug-likeness (QED) is 0.0402. The Morgan fingerprint density at radius 3 is 2.16 bits per heavy atom. The summed E-state index contributed by atoms with van der Waals surface area (Å²) in [6.45, 7) is 1.44. The van der Waals surface area contributed by atoms with Crippen molar-refractivity contribution in [3.63, 3.8) is 0 Å². The van der Waals surface area contributed by atoms with Crippen molar-refractivity contribution in [2.24, 2.45) is 22.2 Å². The van der Waals surface area contributed by atoms with Crippen molar-refractivity contribution in [1.82, 2.24) is 36.2 Å². The molecule has 0 aliphatic heterocycles. The monoisotopic (exact) mass is 671 g/mol. The third-order valence-corrected chi connectivity index (χ3v) is 7.69. The molecule has 2 aromatic heterocycles. The van der Waals surface area contributed by atoms with Crippen LogP contribution in [0.2, 0.25) is 0 Å². The number of hydrogen-bond donors (Lipinski definition) is 9. The Labute approximate surface area is 282 Å². The molecule has 0 aliphatic rings. The van der Waals surface area contributed by atoms with Crippen LogP contribution < -0.4 is 38.5 Å². The number of carbonyl (C=O) groups excluding carboxylic acids is 5. The van der Waals surface area contributed by atoms with Gasteiger partial charge in [-0.05, 0) is 30.0 Å². The molecule has 49 heavy (non-hydrogen) atoms. The number of benzene rings is 2. The Kier molecular flexibility index (Phi) is 12.4. The first-order valence-corrected chi connectivity index (χ1v) is 15.6. The maximum Gasteiger partial charge on any atom is 0.247 e. The van der Waals surface area contributed by atoms with Crippen LogP contribution in [-0.2, 0) is 36.8 Å². The Balaban J connectivity index is 1.56. The van der Waals surface area contributed by atoms with Crippen molar-refractivity contribution in [3.8, 4) is 0 Å². The number of primary amides is 1. The zero-order valence-electron chi connectivity index (χ0n) is 26.9. The van der Waals surface area contributed by atoms with Gasteiger partial charge < -0.3 is 48.4 Å². The number of H-pyrrole nitrogens is 2. The number of hydrogen-bond acceptors (Lipinski definition) is 7. The van der Waals surface area contributed by atoms with Gasteiger partial charge >= 0.3 is 0 Å². The van der Waals surface area contributed by atoms with Gasteiger partial charge in [-0.15, -0.1) is 0 Å². The van der Waals surface area contributed by atoms with E-state index in [1.165, 1.54) is 19.4 Å². The molecule has 258 valence electrons. The van der Waals surface area contributed by atoms with E-state index in [1.54, 1.807) is 36.5 Å². The molecule has 4 aromatic rings. The van der Waals surface area contributed by atoms with E-state index < -0.39 is 53.7 Å². The Bertz CT molecular complexity index is 1770. The van der Waals surface area contributed by atoms with Crippen molar-refractivity contribution in [1.29, 1.82) is 0 Å². The Morgan fingerprint density at radius 1 is 0.796 bits per heavy atom. The number of amides is 5. The Hall–Kier alpha value is -6.19. The summed E-state index contributed by atoms with van der Waals surface area (Å²) in [6.07, 6.45) is 5.26. The summed E-state index contributed by atoms with van der Waals surface area (Å²) in [5, 5.41) is 11.6. The number of aromatic amines is 2. The smallest absolute Gasteiger partial charge is 0.247 e. The third kappa shape index (κ3) is 10.4. The molecule has 16 nitrogen and oxygen atoms in total. The van der Waals surface area contributed by atoms with E-state index in [2.05, 4.69) is 41.2 Å². The zero-order valence-corrected chi connectivity index (χ0v) is 26.9. The minimum atomic E-state index is -1.27. The topological polar surface area (TPSA) is 268 Å². The zero-order chi connectivity index (χ0) is 35.3. The molecule has 0 unspecified atom stereocenters. The molecule has 5 amide bonds. The van der Waals surface area contributed by atoms with Crippen molar-refractivity contribution in [2.45, 2.75) is 56.8 Å². The van der Waals surface area contributed by atoms with Gasteiger partial charge in [-0.3, -0.25) is 29.0 Å². The molecular formula is C33H41N11O5. The van der Waals surface area contributed by atoms with Gasteiger partial charge in [-0.25, -0.2) is 4.98 Å². The van der Waals surface area contributed by atoms with Gasteiger partial charge in [0.25, 0.3) is 0 Å². The number of carbonyl (C=O) groups is 5. The lowest BCUT2D eigenvalue weighted by molar-refractivity contribution is -0.134. The van der Waals surface area contributed by atoms with Gasteiger partial charge in [0.2, 0.25) is 29.5 Å². The van der Waals surface area contributed by atoms with Gasteiger partial charge in [-0.1, -0.05) is 48.5 Å². The minimum Gasteiger partial charge on any atom is -0.370 e. The van der Waals surface area contributed by atoms with Crippen LogP contribution in [0.1, 0.15) is 42.6 Å². The van der Waals surface area contributed by atoms with Crippen molar-refractivity contribution in [2.75, 3.05) is 6.54 Å². The summed E-state index contributed by atoms with van der Waals surface area (Å²) in [7, 11) is 0. The van der Waals surface area contributed by atoms with Gasteiger partial charge in [0.05, 0.1) is 6.33 Å². The molecule has 4 rings (SSSR count). The number of nitrogens with two attached hydrogens (primary N) is 3.